The van der Waals surface area contributed by atoms with Gasteiger partial charge >= 0.3 is 12.1 Å². The number of alkyl halides is 3. The van der Waals surface area contributed by atoms with Crippen LogP contribution in [0.15, 0.2) is 0 Å². The first kappa shape index (κ1) is 14.5. The Kier molecular flexibility index (Phi) is 4.41. The van der Waals surface area contributed by atoms with Crippen molar-refractivity contribution in [2.45, 2.75) is 19.1 Å². The topological polar surface area (TPSA) is 54.5 Å². The van der Waals surface area contributed by atoms with Crippen LogP contribution in [0.5, 0.6) is 0 Å². The number of carbonyl (C=O) groups excluding carboxylic acids is 1. The number of hydrogen-bond acceptors (Lipinski definition) is 3. The normalized spacial score (nSPS) is 14.8. The lowest BCUT2D eigenvalue weighted by atomic mass is 10.3. The van der Waals surface area contributed by atoms with Crippen LogP contribution in [0.2, 0.25) is 0 Å². The van der Waals surface area contributed by atoms with Crippen molar-refractivity contribution in [3.63, 3.8) is 0 Å². The van der Waals surface area contributed by atoms with Gasteiger partial charge in [-0.15, -0.1) is 0 Å². The Balaban J connectivity index is 4.60. The first-order valence-corrected chi connectivity index (χ1v) is 6.19. The van der Waals surface area contributed by atoms with E-state index in [1.54, 1.807) is 0 Å². The summed E-state index contributed by atoms with van der Waals surface area (Å²) in [5.41, 5.74) is 0. The highest BCUT2D eigenvalue weighted by molar-refractivity contribution is 8.13. The molecule has 1 amide bonds. The summed E-state index contributed by atoms with van der Waals surface area (Å²) < 4.78 is 56.9. The van der Waals surface area contributed by atoms with Crippen LogP contribution in [0.25, 0.3) is 0 Å². The molecule has 0 aromatic heterocycles. The highest BCUT2D eigenvalue weighted by Crippen LogP contribution is 2.19. The van der Waals surface area contributed by atoms with E-state index in [1.165, 1.54) is 0 Å². The minimum Gasteiger partial charge on any atom is -0.334 e. The van der Waals surface area contributed by atoms with Gasteiger partial charge in [0.2, 0.25) is 9.05 Å². The second-order valence-electron chi connectivity index (χ2n) is 2.97. The van der Waals surface area contributed by atoms with Crippen molar-refractivity contribution in [2.24, 2.45) is 0 Å². The van der Waals surface area contributed by atoms with Crippen LogP contribution in [-0.4, -0.2) is 44.2 Å². The number of rotatable bonds is 3. The molecular weight excluding hydrogens is 259 g/mol. The van der Waals surface area contributed by atoms with Crippen molar-refractivity contribution in [3.05, 3.63) is 0 Å². The zero-order chi connectivity index (χ0) is 12.4. The predicted molar refractivity (Wildman–Crippen MR) is 47.9 cm³/mol. The summed E-state index contributed by atoms with van der Waals surface area (Å²) in [6.07, 6.45) is -5.01. The average Bonchev–Trinajstić information content (AvgIpc) is 1.96. The third-order valence-electron chi connectivity index (χ3n) is 1.66. The van der Waals surface area contributed by atoms with Gasteiger partial charge in [-0.2, -0.15) is 13.2 Å². The number of nitrogens with zero attached hydrogens (tertiary/aromatic N) is 1. The summed E-state index contributed by atoms with van der Waals surface area (Å²) in [5, 5.41) is 0. The minimum absolute atomic E-state index is 0.292. The number of halogens is 4. The van der Waals surface area contributed by atoms with Gasteiger partial charge in [0.1, 0.15) is 0 Å². The van der Waals surface area contributed by atoms with Gasteiger partial charge in [0.05, 0.1) is 5.75 Å². The number of carbonyl (C=O) groups is 1. The van der Waals surface area contributed by atoms with E-state index in [-0.39, 0.29) is 0 Å². The Morgan fingerprint density at radius 2 is 1.87 bits per heavy atom. The van der Waals surface area contributed by atoms with Gasteiger partial charge in [-0.1, -0.05) is 0 Å². The van der Waals surface area contributed by atoms with E-state index in [0.717, 1.165) is 14.0 Å². The molecule has 9 heteroatoms. The SMILES string of the molecule is CC(CS(=O)(=O)Cl)N(C)C(=O)C(F)(F)F. The molecule has 0 aliphatic carbocycles. The third-order valence-corrected chi connectivity index (χ3v) is 2.92. The summed E-state index contributed by atoms with van der Waals surface area (Å²) in [6.45, 7) is 1.16. The van der Waals surface area contributed by atoms with Crippen LogP contribution >= 0.6 is 10.7 Å². The standard InChI is InChI=1S/C6H9ClF3NO3S/c1-4(3-15(7,13)14)11(2)5(12)6(8,9)10/h4H,3H2,1-2H3. The first-order chi connectivity index (χ1) is 6.45. The Morgan fingerprint density at radius 1 is 1.47 bits per heavy atom. The first-order valence-electron chi connectivity index (χ1n) is 3.71. The van der Waals surface area contributed by atoms with Crippen molar-refractivity contribution in [1.82, 2.24) is 4.90 Å². The molecule has 0 N–H and O–H groups in total. The van der Waals surface area contributed by atoms with E-state index in [9.17, 15) is 26.4 Å². The Bertz CT molecular complexity index is 340. The Morgan fingerprint density at radius 3 is 2.13 bits per heavy atom. The molecule has 0 aliphatic rings. The molecule has 0 heterocycles. The Hall–Kier alpha value is -0.500. The molecule has 4 nitrogen and oxygen atoms in total. The smallest absolute Gasteiger partial charge is 0.334 e. The predicted octanol–water partition coefficient (Wildman–Crippen LogP) is 0.964. The molecule has 0 aromatic rings. The van der Waals surface area contributed by atoms with Gasteiger partial charge in [0.15, 0.2) is 0 Å². The zero-order valence-corrected chi connectivity index (χ0v) is 9.45. The van der Waals surface area contributed by atoms with Crippen LogP contribution in [0.1, 0.15) is 6.92 Å². The molecule has 0 rings (SSSR count). The quantitative estimate of drug-likeness (QED) is 0.716. The number of amides is 1. The molecule has 0 aromatic carbocycles. The van der Waals surface area contributed by atoms with Crippen molar-refractivity contribution in [2.75, 3.05) is 12.8 Å². The molecule has 0 aliphatic heterocycles. The third kappa shape index (κ3) is 5.22. The average molecular weight is 268 g/mol. The van der Waals surface area contributed by atoms with Crippen molar-refractivity contribution in [3.8, 4) is 0 Å². The molecule has 0 fully saturated rings. The van der Waals surface area contributed by atoms with Crippen LogP contribution in [0.3, 0.4) is 0 Å². The summed E-state index contributed by atoms with van der Waals surface area (Å²) in [6, 6.07) is -1.14. The van der Waals surface area contributed by atoms with Crippen molar-refractivity contribution >= 4 is 25.6 Å². The van der Waals surface area contributed by atoms with Crippen molar-refractivity contribution < 1.29 is 26.4 Å². The zero-order valence-electron chi connectivity index (χ0n) is 7.88. The molecule has 0 bridgehead atoms. The van der Waals surface area contributed by atoms with Gasteiger partial charge in [-0.05, 0) is 6.92 Å². The van der Waals surface area contributed by atoms with Gasteiger partial charge < -0.3 is 4.90 Å². The van der Waals surface area contributed by atoms with Gasteiger partial charge in [-0.3, -0.25) is 4.79 Å². The molecule has 90 valence electrons. The Labute approximate surface area is 89.4 Å². The monoisotopic (exact) mass is 267 g/mol. The molecular formula is C6H9ClF3NO3S. The molecule has 0 saturated heterocycles. The summed E-state index contributed by atoms with van der Waals surface area (Å²) in [5.74, 6) is -2.83. The van der Waals surface area contributed by atoms with Gasteiger partial charge in [-0.25, -0.2) is 8.42 Å². The number of hydrogen-bond donors (Lipinski definition) is 0. The van der Waals surface area contributed by atoms with Gasteiger partial charge in [0, 0.05) is 23.8 Å². The minimum atomic E-state index is -5.01. The second-order valence-corrected chi connectivity index (χ2v) is 5.79. The maximum absolute atomic E-state index is 11.9. The van der Waals surface area contributed by atoms with E-state index in [0.29, 0.717) is 4.90 Å². The maximum Gasteiger partial charge on any atom is 0.471 e. The van der Waals surface area contributed by atoms with Crippen molar-refractivity contribution in [1.29, 1.82) is 0 Å². The molecule has 15 heavy (non-hydrogen) atoms. The van der Waals surface area contributed by atoms with Crippen LogP contribution < -0.4 is 0 Å². The lowest BCUT2D eigenvalue weighted by Crippen LogP contribution is -2.45. The largest absolute Gasteiger partial charge is 0.471 e. The lowest BCUT2D eigenvalue weighted by molar-refractivity contribution is -0.185. The van der Waals surface area contributed by atoms with E-state index in [1.807, 2.05) is 0 Å². The van der Waals surface area contributed by atoms with E-state index >= 15 is 0 Å². The van der Waals surface area contributed by atoms with Crippen LogP contribution in [0, 0.1) is 0 Å². The maximum atomic E-state index is 11.9. The van der Waals surface area contributed by atoms with Crippen LogP contribution in [0.4, 0.5) is 13.2 Å². The summed E-state index contributed by atoms with van der Waals surface area (Å²) >= 11 is 0. The molecule has 0 saturated carbocycles. The summed E-state index contributed by atoms with van der Waals surface area (Å²) in [7, 11) is 1.77. The molecule has 1 atom stereocenters. The van der Waals surface area contributed by atoms with Gasteiger partial charge in [0.25, 0.3) is 0 Å². The fraction of sp³-hybridized carbons (Fsp3) is 0.833. The highest BCUT2D eigenvalue weighted by Gasteiger charge is 2.42. The fourth-order valence-corrected chi connectivity index (χ4v) is 2.15. The fourth-order valence-electron chi connectivity index (χ4n) is 0.800. The molecule has 0 spiro atoms. The van der Waals surface area contributed by atoms with E-state index in [2.05, 4.69) is 0 Å². The second kappa shape index (κ2) is 4.56. The van der Waals surface area contributed by atoms with E-state index in [4.69, 9.17) is 10.7 Å². The van der Waals surface area contributed by atoms with E-state index < -0.39 is 32.9 Å². The van der Waals surface area contributed by atoms with Crippen LogP contribution in [-0.2, 0) is 13.8 Å². The lowest BCUT2D eigenvalue weighted by Gasteiger charge is -2.24. The molecule has 0 radical (unpaired) electrons. The molecule has 1 unspecified atom stereocenters. The highest BCUT2D eigenvalue weighted by atomic mass is 35.7. The summed E-state index contributed by atoms with van der Waals surface area (Å²) in [4.78, 5) is 10.9.